The van der Waals surface area contributed by atoms with E-state index in [-0.39, 0.29) is 17.7 Å². The zero-order valence-electron chi connectivity index (χ0n) is 12.6. The van der Waals surface area contributed by atoms with Gasteiger partial charge in [0.25, 0.3) is 5.91 Å². The number of phenolic OH excluding ortho intramolecular Hbond substituents is 1. The number of para-hydroxylation sites is 2. The molecule has 0 bridgehead atoms. The number of anilines is 1. The van der Waals surface area contributed by atoms with Gasteiger partial charge < -0.3 is 16.2 Å². The van der Waals surface area contributed by atoms with Crippen molar-refractivity contribution in [3.63, 3.8) is 0 Å². The molecule has 23 heavy (non-hydrogen) atoms. The van der Waals surface area contributed by atoms with Crippen molar-refractivity contribution in [2.75, 3.05) is 5.32 Å². The van der Waals surface area contributed by atoms with Gasteiger partial charge in [-0.3, -0.25) is 4.79 Å². The Morgan fingerprint density at radius 1 is 1.13 bits per heavy atom. The number of aromatic hydroxyl groups is 1. The first-order valence-electron chi connectivity index (χ1n) is 7.80. The molecule has 0 radical (unpaired) electrons. The number of allylic oxidation sites excluding steroid dienone is 2. The van der Waals surface area contributed by atoms with E-state index in [1.54, 1.807) is 12.1 Å². The van der Waals surface area contributed by atoms with E-state index < -0.39 is 5.91 Å². The number of hydrogen-bond donors (Lipinski definition) is 3. The second-order valence-corrected chi connectivity index (χ2v) is 6.17. The minimum absolute atomic E-state index is 0.0517. The van der Waals surface area contributed by atoms with Crippen LogP contribution in [0.2, 0.25) is 0 Å². The van der Waals surface area contributed by atoms with Crippen LogP contribution in [0, 0.1) is 5.92 Å². The maximum atomic E-state index is 11.8. The Labute approximate surface area is 134 Å². The van der Waals surface area contributed by atoms with Crippen molar-refractivity contribution in [1.82, 2.24) is 0 Å². The summed E-state index contributed by atoms with van der Waals surface area (Å²) in [5, 5.41) is 13.7. The monoisotopic (exact) mass is 306 g/mol. The molecule has 0 spiro atoms. The Morgan fingerprint density at radius 2 is 1.91 bits per heavy atom. The lowest BCUT2D eigenvalue weighted by Gasteiger charge is -2.38. The standard InChI is InChI=1S/C19H18N2O2/c20-19(23)15-9-4-8-13-11-6-3-7-12(11)17(21-18(13)15)14-5-1-2-10-16(14)22/h1-6,8-12,17,21-22H,7H2,(H2,20,23). The van der Waals surface area contributed by atoms with E-state index in [1.165, 1.54) is 0 Å². The predicted octanol–water partition coefficient (Wildman–Crippen LogP) is 3.32. The van der Waals surface area contributed by atoms with Gasteiger partial charge in [0.15, 0.2) is 0 Å². The first-order chi connectivity index (χ1) is 11.2. The Morgan fingerprint density at radius 3 is 2.70 bits per heavy atom. The molecule has 2 aliphatic rings. The lowest BCUT2D eigenvalue weighted by molar-refractivity contribution is 0.100. The van der Waals surface area contributed by atoms with Gasteiger partial charge in [0, 0.05) is 11.5 Å². The van der Waals surface area contributed by atoms with Gasteiger partial charge >= 0.3 is 0 Å². The predicted molar refractivity (Wildman–Crippen MR) is 89.4 cm³/mol. The summed E-state index contributed by atoms with van der Waals surface area (Å²) in [6.45, 7) is 0. The highest BCUT2D eigenvalue weighted by atomic mass is 16.3. The van der Waals surface area contributed by atoms with E-state index >= 15 is 0 Å². The fraction of sp³-hybridized carbons (Fsp3) is 0.211. The first kappa shape index (κ1) is 13.9. The van der Waals surface area contributed by atoms with Gasteiger partial charge in [0.1, 0.15) is 5.75 Å². The topological polar surface area (TPSA) is 75.4 Å². The summed E-state index contributed by atoms with van der Waals surface area (Å²) in [5.41, 5.74) is 8.80. The van der Waals surface area contributed by atoms with Crippen molar-refractivity contribution in [1.29, 1.82) is 0 Å². The number of nitrogens with two attached hydrogens (primary N) is 1. The third-order valence-corrected chi connectivity index (χ3v) is 4.93. The highest BCUT2D eigenvalue weighted by molar-refractivity contribution is 5.99. The van der Waals surface area contributed by atoms with E-state index in [2.05, 4.69) is 17.5 Å². The van der Waals surface area contributed by atoms with Gasteiger partial charge in [0.05, 0.1) is 17.3 Å². The molecule has 0 saturated carbocycles. The number of carbonyl (C=O) groups is 1. The molecular weight excluding hydrogens is 288 g/mol. The number of benzene rings is 2. The quantitative estimate of drug-likeness (QED) is 0.745. The number of phenols is 1. The van der Waals surface area contributed by atoms with Crippen LogP contribution >= 0.6 is 0 Å². The number of amides is 1. The molecule has 3 unspecified atom stereocenters. The summed E-state index contributed by atoms with van der Waals surface area (Å²) >= 11 is 0. The number of rotatable bonds is 2. The molecule has 1 amide bonds. The number of hydrogen-bond acceptors (Lipinski definition) is 3. The van der Waals surface area contributed by atoms with Crippen LogP contribution in [0.1, 0.15) is 39.9 Å². The van der Waals surface area contributed by atoms with E-state index in [1.807, 2.05) is 30.3 Å². The van der Waals surface area contributed by atoms with Crippen molar-refractivity contribution in [3.8, 4) is 5.75 Å². The Kier molecular flexibility index (Phi) is 3.11. The maximum absolute atomic E-state index is 11.8. The molecule has 3 atom stereocenters. The second kappa shape index (κ2) is 5.16. The fourth-order valence-electron chi connectivity index (χ4n) is 3.89. The highest BCUT2D eigenvalue weighted by Crippen LogP contribution is 2.51. The van der Waals surface area contributed by atoms with E-state index in [0.717, 1.165) is 23.2 Å². The molecule has 2 aromatic rings. The lowest BCUT2D eigenvalue weighted by Crippen LogP contribution is -2.31. The minimum Gasteiger partial charge on any atom is -0.508 e. The van der Waals surface area contributed by atoms with E-state index in [4.69, 9.17) is 5.73 Å². The third kappa shape index (κ3) is 2.10. The largest absolute Gasteiger partial charge is 0.508 e. The first-order valence-corrected chi connectivity index (χ1v) is 7.80. The van der Waals surface area contributed by atoms with Gasteiger partial charge in [-0.15, -0.1) is 0 Å². The zero-order chi connectivity index (χ0) is 16.0. The number of carbonyl (C=O) groups excluding carboxylic acids is 1. The lowest BCUT2D eigenvalue weighted by atomic mass is 9.76. The maximum Gasteiger partial charge on any atom is 0.250 e. The smallest absolute Gasteiger partial charge is 0.250 e. The molecule has 4 nitrogen and oxygen atoms in total. The summed E-state index contributed by atoms with van der Waals surface area (Å²) in [4.78, 5) is 11.8. The van der Waals surface area contributed by atoms with Crippen LogP contribution in [0.3, 0.4) is 0 Å². The SMILES string of the molecule is NC(=O)c1cccc2c1NC(c1ccccc1O)C1CC=CC21. The van der Waals surface area contributed by atoms with Crippen LogP contribution in [0.4, 0.5) is 5.69 Å². The van der Waals surface area contributed by atoms with Crippen molar-refractivity contribution >= 4 is 11.6 Å². The summed E-state index contributed by atoms with van der Waals surface area (Å²) in [5.74, 6) is 0.385. The Bertz CT molecular complexity index is 813. The number of primary amides is 1. The molecule has 0 saturated heterocycles. The van der Waals surface area contributed by atoms with Crippen LogP contribution < -0.4 is 11.1 Å². The van der Waals surface area contributed by atoms with Crippen LogP contribution in [0.25, 0.3) is 0 Å². The van der Waals surface area contributed by atoms with Gasteiger partial charge in [-0.05, 0) is 30.0 Å². The van der Waals surface area contributed by atoms with Crippen LogP contribution in [0.15, 0.2) is 54.6 Å². The van der Waals surface area contributed by atoms with Crippen molar-refractivity contribution in [2.24, 2.45) is 11.7 Å². The fourth-order valence-corrected chi connectivity index (χ4v) is 3.89. The molecule has 4 heteroatoms. The molecule has 4 N–H and O–H groups in total. The summed E-state index contributed by atoms with van der Waals surface area (Å²) in [7, 11) is 0. The molecule has 0 fully saturated rings. The third-order valence-electron chi connectivity index (χ3n) is 4.93. The number of fused-ring (bicyclic) bond motifs is 3. The Hall–Kier alpha value is -2.75. The molecule has 1 heterocycles. The minimum atomic E-state index is -0.439. The highest BCUT2D eigenvalue weighted by Gasteiger charge is 2.39. The molecule has 0 aromatic heterocycles. The van der Waals surface area contributed by atoms with Gasteiger partial charge in [-0.2, -0.15) is 0 Å². The molecule has 2 aromatic carbocycles. The van der Waals surface area contributed by atoms with E-state index in [0.29, 0.717) is 11.5 Å². The van der Waals surface area contributed by atoms with Gasteiger partial charge in [-0.25, -0.2) is 0 Å². The van der Waals surface area contributed by atoms with Crippen LogP contribution in [0.5, 0.6) is 5.75 Å². The normalized spacial score (nSPS) is 24.6. The molecule has 4 rings (SSSR count). The average Bonchev–Trinajstić information content (AvgIpc) is 3.04. The average molecular weight is 306 g/mol. The van der Waals surface area contributed by atoms with Gasteiger partial charge in [0.2, 0.25) is 0 Å². The summed E-state index contributed by atoms with van der Waals surface area (Å²) in [6.07, 6.45) is 5.31. The van der Waals surface area contributed by atoms with Crippen LogP contribution in [-0.4, -0.2) is 11.0 Å². The van der Waals surface area contributed by atoms with Gasteiger partial charge in [-0.1, -0.05) is 42.5 Å². The molecule has 116 valence electrons. The molecule has 1 aliphatic heterocycles. The van der Waals surface area contributed by atoms with Crippen molar-refractivity contribution in [2.45, 2.75) is 18.4 Å². The summed E-state index contributed by atoms with van der Waals surface area (Å²) in [6, 6.07) is 13.0. The zero-order valence-corrected chi connectivity index (χ0v) is 12.6. The van der Waals surface area contributed by atoms with Crippen molar-refractivity contribution < 1.29 is 9.90 Å². The second-order valence-electron chi connectivity index (χ2n) is 6.17. The molecule has 1 aliphatic carbocycles. The number of nitrogens with one attached hydrogen (secondary N) is 1. The summed E-state index contributed by atoms with van der Waals surface area (Å²) < 4.78 is 0. The molecular formula is C19H18N2O2. The van der Waals surface area contributed by atoms with E-state index in [9.17, 15) is 9.90 Å². The Balaban J connectivity index is 1.87. The van der Waals surface area contributed by atoms with Crippen molar-refractivity contribution in [3.05, 3.63) is 71.3 Å². The van der Waals surface area contributed by atoms with Crippen LogP contribution in [-0.2, 0) is 0 Å².